The molecule has 1 spiro atoms. The van der Waals surface area contributed by atoms with Crippen LogP contribution >= 0.6 is 11.6 Å². The Morgan fingerprint density at radius 2 is 1.81 bits per heavy atom. The second-order valence-electron chi connectivity index (χ2n) is 7.36. The number of hydrogen-bond acceptors (Lipinski definition) is 3. The van der Waals surface area contributed by atoms with Crippen LogP contribution in [0.5, 0.6) is 0 Å². The van der Waals surface area contributed by atoms with Crippen LogP contribution < -0.4 is 5.32 Å². The zero-order chi connectivity index (χ0) is 18.6. The van der Waals surface area contributed by atoms with Crippen molar-refractivity contribution in [1.82, 2.24) is 10.2 Å². The molecule has 6 heteroatoms. The standard InChI is InChI=1S/C21H17ClN2O3/c22-16-5-3-13(4-6-16)14-1-2-15-10-18(27-17(15)9-14)20(26)24-11-21(12-24)8-7-19(25)23-21/h1-6,9-10H,7-8,11-12H2,(H,23,25). The van der Waals surface area contributed by atoms with Crippen LogP contribution in [0.15, 0.2) is 52.9 Å². The lowest BCUT2D eigenvalue weighted by Crippen LogP contribution is -2.68. The average Bonchev–Trinajstić information content (AvgIpc) is 3.23. The van der Waals surface area contributed by atoms with Crippen molar-refractivity contribution >= 4 is 34.4 Å². The van der Waals surface area contributed by atoms with Gasteiger partial charge in [-0.3, -0.25) is 9.59 Å². The predicted octanol–water partition coefficient (Wildman–Crippen LogP) is 3.86. The number of halogens is 1. The molecule has 2 aromatic carbocycles. The van der Waals surface area contributed by atoms with E-state index in [1.165, 1.54) is 0 Å². The fourth-order valence-corrected chi connectivity index (χ4v) is 4.08. The van der Waals surface area contributed by atoms with E-state index in [-0.39, 0.29) is 17.4 Å². The van der Waals surface area contributed by atoms with E-state index in [2.05, 4.69) is 5.32 Å². The molecule has 3 aromatic rings. The first-order valence-electron chi connectivity index (χ1n) is 8.91. The number of rotatable bonds is 2. The number of furan rings is 1. The smallest absolute Gasteiger partial charge is 0.289 e. The number of hydrogen-bond donors (Lipinski definition) is 1. The maximum atomic E-state index is 12.7. The lowest BCUT2D eigenvalue weighted by atomic mass is 9.88. The third kappa shape index (κ3) is 2.79. The first-order chi connectivity index (χ1) is 13.0. The highest BCUT2D eigenvalue weighted by molar-refractivity contribution is 6.30. The van der Waals surface area contributed by atoms with Crippen molar-refractivity contribution in [2.45, 2.75) is 18.4 Å². The SMILES string of the molecule is O=C1CCC2(CN(C(=O)c3cc4ccc(-c5ccc(Cl)cc5)cc4o3)C2)N1. The van der Waals surface area contributed by atoms with Gasteiger partial charge in [-0.25, -0.2) is 0 Å². The molecular weight excluding hydrogens is 364 g/mol. The van der Waals surface area contributed by atoms with E-state index in [9.17, 15) is 9.59 Å². The van der Waals surface area contributed by atoms with Gasteiger partial charge in [-0.05, 0) is 41.8 Å². The Morgan fingerprint density at radius 1 is 1.07 bits per heavy atom. The van der Waals surface area contributed by atoms with Gasteiger partial charge in [-0.15, -0.1) is 0 Å². The van der Waals surface area contributed by atoms with E-state index in [0.717, 1.165) is 22.9 Å². The van der Waals surface area contributed by atoms with Crippen LogP contribution in [0.1, 0.15) is 23.4 Å². The number of amides is 2. The quantitative estimate of drug-likeness (QED) is 0.734. The van der Waals surface area contributed by atoms with Gasteiger partial charge in [0.25, 0.3) is 5.91 Å². The predicted molar refractivity (Wildman–Crippen MR) is 103 cm³/mol. The van der Waals surface area contributed by atoms with Gasteiger partial charge < -0.3 is 14.6 Å². The molecule has 0 atom stereocenters. The van der Waals surface area contributed by atoms with Crippen molar-refractivity contribution < 1.29 is 14.0 Å². The number of nitrogens with one attached hydrogen (secondary N) is 1. The molecule has 2 amide bonds. The minimum absolute atomic E-state index is 0.0700. The van der Waals surface area contributed by atoms with Crippen LogP contribution in [-0.2, 0) is 4.79 Å². The number of likely N-dealkylation sites (tertiary alicyclic amines) is 1. The first kappa shape index (κ1) is 16.4. The van der Waals surface area contributed by atoms with Crippen molar-refractivity contribution in [2.75, 3.05) is 13.1 Å². The third-order valence-corrected chi connectivity index (χ3v) is 5.67. The van der Waals surface area contributed by atoms with Gasteiger partial charge in [-0.2, -0.15) is 0 Å². The average molecular weight is 381 g/mol. The van der Waals surface area contributed by atoms with Crippen molar-refractivity contribution in [3.8, 4) is 11.1 Å². The van der Waals surface area contributed by atoms with E-state index in [1.807, 2.05) is 42.5 Å². The van der Waals surface area contributed by atoms with Crippen LogP contribution in [0.4, 0.5) is 0 Å². The van der Waals surface area contributed by atoms with Gasteiger partial charge in [0.15, 0.2) is 5.76 Å². The van der Waals surface area contributed by atoms with Crippen molar-refractivity contribution in [1.29, 1.82) is 0 Å². The fraction of sp³-hybridized carbons (Fsp3) is 0.238. The molecule has 2 aliphatic heterocycles. The largest absolute Gasteiger partial charge is 0.451 e. The summed E-state index contributed by atoms with van der Waals surface area (Å²) in [5.41, 5.74) is 2.49. The highest BCUT2D eigenvalue weighted by Crippen LogP contribution is 2.33. The molecule has 2 fully saturated rings. The lowest BCUT2D eigenvalue weighted by molar-refractivity contribution is -0.120. The highest BCUT2D eigenvalue weighted by Gasteiger charge is 2.49. The Balaban J connectivity index is 1.38. The maximum absolute atomic E-state index is 12.7. The van der Waals surface area contributed by atoms with E-state index >= 15 is 0 Å². The molecule has 1 aromatic heterocycles. The summed E-state index contributed by atoms with van der Waals surface area (Å²) in [5, 5.41) is 4.57. The number of benzene rings is 2. The minimum Gasteiger partial charge on any atom is -0.451 e. The van der Waals surface area contributed by atoms with Crippen molar-refractivity contribution in [2.24, 2.45) is 0 Å². The molecule has 5 rings (SSSR count). The summed E-state index contributed by atoms with van der Waals surface area (Å²) in [6.45, 7) is 1.09. The summed E-state index contributed by atoms with van der Waals surface area (Å²) in [7, 11) is 0. The Labute approximate surface area is 160 Å². The van der Waals surface area contributed by atoms with Crippen LogP contribution in [0.25, 0.3) is 22.1 Å². The zero-order valence-electron chi connectivity index (χ0n) is 14.5. The van der Waals surface area contributed by atoms with Gasteiger partial charge in [0.2, 0.25) is 5.91 Å². The van der Waals surface area contributed by atoms with Crippen molar-refractivity contribution in [3.63, 3.8) is 0 Å². The lowest BCUT2D eigenvalue weighted by Gasteiger charge is -2.47. The van der Waals surface area contributed by atoms with Gasteiger partial charge >= 0.3 is 0 Å². The summed E-state index contributed by atoms with van der Waals surface area (Å²) in [5.74, 6) is 0.268. The third-order valence-electron chi connectivity index (χ3n) is 5.42. The molecule has 1 N–H and O–H groups in total. The first-order valence-corrected chi connectivity index (χ1v) is 9.29. The molecular formula is C21H17ClN2O3. The number of nitrogens with zero attached hydrogens (tertiary/aromatic N) is 1. The summed E-state index contributed by atoms with van der Waals surface area (Å²) in [6.07, 6.45) is 1.33. The second-order valence-corrected chi connectivity index (χ2v) is 7.80. The Bertz CT molecular complexity index is 1060. The van der Waals surface area contributed by atoms with Crippen LogP contribution in [-0.4, -0.2) is 35.3 Å². The van der Waals surface area contributed by atoms with Gasteiger partial charge in [0.05, 0.1) is 5.54 Å². The van der Waals surface area contributed by atoms with E-state index in [4.69, 9.17) is 16.0 Å². The van der Waals surface area contributed by atoms with E-state index in [1.54, 1.807) is 11.0 Å². The van der Waals surface area contributed by atoms with E-state index in [0.29, 0.717) is 35.9 Å². The fourth-order valence-electron chi connectivity index (χ4n) is 3.95. The Kier molecular flexibility index (Phi) is 3.56. The molecule has 0 aliphatic carbocycles. The monoisotopic (exact) mass is 380 g/mol. The van der Waals surface area contributed by atoms with E-state index < -0.39 is 0 Å². The Hall–Kier alpha value is -2.79. The minimum atomic E-state index is -0.222. The topological polar surface area (TPSA) is 62.6 Å². The number of carbonyl (C=O) groups excluding carboxylic acids is 2. The molecule has 2 aliphatic rings. The molecule has 0 bridgehead atoms. The second kappa shape index (κ2) is 5.86. The van der Waals surface area contributed by atoms with Crippen LogP contribution in [0.2, 0.25) is 5.02 Å². The van der Waals surface area contributed by atoms with Gasteiger partial charge in [0, 0.05) is 29.9 Å². The Morgan fingerprint density at radius 3 is 2.52 bits per heavy atom. The number of carbonyl (C=O) groups is 2. The van der Waals surface area contributed by atoms with Gasteiger partial charge in [-0.1, -0.05) is 35.9 Å². The summed E-state index contributed by atoms with van der Waals surface area (Å²) >= 11 is 5.95. The molecule has 3 heterocycles. The maximum Gasteiger partial charge on any atom is 0.289 e. The normalized spacial score (nSPS) is 18.0. The summed E-state index contributed by atoms with van der Waals surface area (Å²) < 4.78 is 5.84. The highest BCUT2D eigenvalue weighted by atomic mass is 35.5. The van der Waals surface area contributed by atoms with Crippen LogP contribution in [0.3, 0.4) is 0 Å². The molecule has 0 saturated carbocycles. The van der Waals surface area contributed by atoms with Crippen LogP contribution in [0, 0.1) is 0 Å². The summed E-state index contributed by atoms with van der Waals surface area (Å²) in [6, 6.07) is 15.3. The molecule has 5 nitrogen and oxygen atoms in total. The molecule has 0 radical (unpaired) electrons. The molecule has 0 unspecified atom stereocenters. The van der Waals surface area contributed by atoms with Gasteiger partial charge in [0.1, 0.15) is 5.58 Å². The molecule has 27 heavy (non-hydrogen) atoms. The molecule has 136 valence electrons. The zero-order valence-corrected chi connectivity index (χ0v) is 15.3. The molecule has 2 saturated heterocycles. The van der Waals surface area contributed by atoms with Crippen molar-refractivity contribution in [3.05, 3.63) is 59.3 Å². The summed E-state index contributed by atoms with van der Waals surface area (Å²) in [4.78, 5) is 25.9. The number of fused-ring (bicyclic) bond motifs is 1.